The molecule has 2 saturated carbocycles. The molecule has 0 radical (unpaired) electrons. The van der Waals surface area contributed by atoms with Gasteiger partial charge in [0.25, 0.3) is 0 Å². The van der Waals surface area contributed by atoms with Gasteiger partial charge in [0.2, 0.25) is 0 Å². The van der Waals surface area contributed by atoms with Crippen molar-refractivity contribution in [3.05, 3.63) is 24.2 Å². The quantitative estimate of drug-likeness (QED) is 0.511. The van der Waals surface area contributed by atoms with Crippen LogP contribution in [-0.2, 0) is 33.4 Å². The third-order valence-electron chi connectivity index (χ3n) is 8.07. The molecule has 3 fully saturated rings. The lowest BCUT2D eigenvalue weighted by Gasteiger charge is -2.61. The molecule has 1 aliphatic heterocycles. The molecular formula is C24H30O8. The predicted octanol–water partition coefficient (Wildman–Crippen LogP) is 3.39. The fourth-order valence-electron chi connectivity index (χ4n) is 6.51. The SMILES string of the molecule is CCC(=O)O[C@@H]1C[C@@H](C(=O)OC)[C@]2(C)CCC3C(=O)O[C@H](c4ccoc4)C[C@]3(C)C2C1=O. The monoisotopic (exact) mass is 446 g/mol. The van der Waals surface area contributed by atoms with Gasteiger partial charge in [-0.3, -0.25) is 19.2 Å². The maximum Gasteiger partial charge on any atom is 0.310 e. The number of ether oxygens (including phenoxy) is 3. The average molecular weight is 446 g/mol. The second-order valence-electron chi connectivity index (χ2n) is 9.77. The van der Waals surface area contributed by atoms with E-state index in [0.29, 0.717) is 19.3 Å². The van der Waals surface area contributed by atoms with Gasteiger partial charge in [0, 0.05) is 24.3 Å². The number of hydrogen-bond acceptors (Lipinski definition) is 8. The van der Waals surface area contributed by atoms with Crippen LogP contribution in [0.1, 0.15) is 64.5 Å². The fraction of sp³-hybridized carbons (Fsp3) is 0.667. The number of rotatable bonds is 4. The number of esters is 3. The second kappa shape index (κ2) is 8.05. The molecule has 8 nitrogen and oxygen atoms in total. The Hall–Kier alpha value is -2.64. The molecule has 32 heavy (non-hydrogen) atoms. The number of carbonyl (C=O) groups is 4. The fourth-order valence-corrected chi connectivity index (χ4v) is 6.51. The van der Waals surface area contributed by atoms with Crippen LogP contribution < -0.4 is 0 Å². The zero-order valence-corrected chi connectivity index (χ0v) is 18.9. The molecule has 0 aromatic carbocycles. The summed E-state index contributed by atoms with van der Waals surface area (Å²) in [7, 11) is 1.32. The van der Waals surface area contributed by atoms with Crippen LogP contribution >= 0.6 is 0 Å². The minimum atomic E-state index is -1.04. The van der Waals surface area contributed by atoms with Crippen molar-refractivity contribution >= 4 is 23.7 Å². The second-order valence-corrected chi connectivity index (χ2v) is 9.77. The van der Waals surface area contributed by atoms with Gasteiger partial charge in [-0.05, 0) is 36.2 Å². The maximum atomic E-state index is 13.8. The Morgan fingerprint density at radius 2 is 1.97 bits per heavy atom. The largest absolute Gasteiger partial charge is 0.472 e. The van der Waals surface area contributed by atoms with Gasteiger partial charge in [0.05, 0.1) is 31.5 Å². The van der Waals surface area contributed by atoms with E-state index in [-0.39, 0.29) is 24.6 Å². The van der Waals surface area contributed by atoms with Crippen molar-refractivity contribution in [3.63, 3.8) is 0 Å². The summed E-state index contributed by atoms with van der Waals surface area (Å²) in [5.41, 5.74) is -0.763. The first-order valence-corrected chi connectivity index (χ1v) is 11.2. The van der Waals surface area contributed by atoms with Crippen molar-refractivity contribution in [2.45, 2.75) is 65.1 Å². The summed E-state index contributed by atoms with van der Waals surface area (Å²) in [5.74, 6) is -3.24. The highest BCUT2D eigenvalue weighted by molar-refractivity contribution is 5.93. The summed E-state index contributed by atoms with van der Waals surface area (Å²) in [4.78, 5) is 51.8. The highest BCUT2D eigenvalue weighted by atomic mass is 16.6. The number of furan rings is 1. The molecule has 4 rings (SSSR count). The first-order chi connectivity index (χ1) is 15.2. The first kappa shape index (κ1) is 22.6. The number of Topliss-reactive ketones (excluding diaryl/α,β-unsaturated/α-hetero) is 1. The third kappa shape index (κ3) is 3.35. The van der Waals surface area contributed by atoms with Gasteiger partial charge in [0.1, 0.15) is 6.10 Å². The zero-order valence-electron chi connectivity index (χ0n) is 18.9. The van der Waals surface area contributed by atoms with Gasteiger partial charge in [-0.1, -0.05) is 20.8 Å². The molecule has 2 heterocycles. The Morgan fingerprint density at radius 3 is 2.59 bits per heavy atom. The molecule has 7 atom stereocenters. The molecule has 0 N–H and O–H groups in total. The summed E-state index contributed by atoms with van der Waals surface area (Å²) >= 11 is 0. The van der Waals surface area contributed by atoms with E-state index in [0.717, 1.165) is 5.56 Å². The number of ketones is 1. The maximum absolute atomic E-state index is 13.8. The van der Waals surface area contributed by atoms with Gasteiger partial charge in [0.15, 0.2) is 11.9 Å². The van der Waals surface area contributed by atoms with Crippen LogP contribution in [0, 0.1) is 28.6 Å². The van der Waals surface area contributed by atoms with Crippen molar-refractivity contribution in [2.75, 3.05) is 7.11 Å². The Balaban J connectivity index is 1.78. The summed E-state index contributed by atoms with van der Waals surface area (Å²) in [6.07, 6.45) is 3.13. The average Bonchev–Trinajstić information content (AvgIpc) is 3.29. The minimum Gasteiger partial charge on any atom is -0.472 e. The molecular weight excluding hydrogens is 416 g/mol. The molecule has 1 saturated heterocycles. The van der Waals surface area contributed by atoms with Crippen molar-refractivity contribution in [3.8, 4) is 0 Å². The van der Waals surface area contributed by atoms with Crippen molar-refractivity contribution < 1.29 is 37.8 Å². The van der Waals surface area contributed by atoms with Gasteiger partial charge in [-0.25, -0.2) is 0 Å². The van der Waals surface area contributed by atoms with E-state index in [1.165, 1.54) is 19.6 Å². The molecule has 3 aliphatic rings. The molecule has 0 amide bonds. The van der Waals surface area contributed by atoms with Gasteiger partial charge in [-0.2, -0.15) is 0 Å². The van der Waals surface area contributed by atoms with E-state index in [2.05, 4.69) is 0 Å². The molecule has 1 aromatic heterocycles. The van der Waals surface area contributed by atoms with Crippen LogP contribution in [0.5, 0.6) is 0 Å². The van der Waals surface area contributed by atoms with Crippen molar-refractivity contribution in [1.82, 2.24) is 0 Å². The number of hydrogen-bond donors (Lipinski definition) is 0. The van der Waals surface area contributed by atoms with Gasteiger partial charge in [-0.15, -0.1) is 0 Å². The lowest BCUT2D eigenvalue weighted by molar-refractivity contribution is -0.210. The Labute approximate surface area is 186 Å². The van der Waals surface area contributed by atoms with Gasteiger partial charge < -0.3 is 18.6 Å². The molecule has 0 bridgehead atoms. The van der Waals surface area contributed by atoms with E-state index in [1.807, 2.05) is 13.8 Å². The lowest BCUT2D eigenvalue weighted by Crippen LogP contribution is -2.64. The Bertz CT molecular complexity index is 920. The van der Waals surface area contributed by atoms with Crippen molar-refractivity contribution in [2.24, 2.45) is 28.6 Å². The molecule has 0 spiro atoms. The molecule has 2 unspecified atom stereocenters. The van der Waals surface area contributed by atoms with Crippen LogP contribution in [-0.4, -0.2) is 36.9 Å². The highest BCUT2D eigenvalue weighted by Gasteiger charge is 2.67. The number of carbonyl (C=O) groups excluding carboxylic acids is 4. The van der Waals surface area contributed by atoms with E-state index in [4.69, 9.17) is 18.6 Å². The molecule has 2 aliphatic carbocycles. The first-order valence-electron chi connectivity index (χ1n) is 11.2. The number of methoxy groups -OCH3 is 1. The summed E-state index contributed by atoms with van der Waals surface area (Å²) in [6.45, 7) is 5.52. The van der Waals surface area contributed by atoms with Crippen LogP contribution in [0.3, 0.4) is 0 Å². The number of fused-ring (bicyclic) bond motifs is 3. The summed E-state index contributed by atoms with van der Waals surface area (Å²) in [5, 5.41) is 0. The molecule has 174 valence electrons. The van der Waals surface area contributed by atoms with Crippen LogP contribution in [0.15, 0.2) is 23.0 Å². The van der Waals surface area contributed by atoms with Crippen LogP contribution in [0.2, 0.25) is 0 Å². The molecule has 1 aromatic rings. The van der Waals surface area contributed by atoms with E-state index in [9.17, 15) is 19.2 Å². The standard InChI is InChI=1S/C24H30O8/c1-5-18(25)31-16-10-15(21(27)29-4)23(2)8-6-14-22(28)32-17(13-7-9-30-12-13)11-24(14,3)20(23)19(16)26/h7,9,12,14-17,20H,5-6,8,10-11H2,1-4H3/t14?,15-,16+,17-,20?,23-,24-/m0/s1. The predicted molar refractivity (Wildman–Crippen MR) is 110 cm³/mol. The van der Waals surface area contributed by atoms with Gasteiger partial charge >= 0.3 is 17.9 Å². The van der Waals surface area contributed by atoms with E-state index < -0.39 is 52.7 Å². The van der Waals surface area contributed by atoms with E-state index >= 15 is 0 Å². The minimum absolute atomic E-state index is 0.0978. The zero-order chi connectivity index (χ0) is 23.3. The third-order valence-corrected chi connectivity index (χ3v) is 8.07. The van der Waals surface area contributed by atoms with Crippen LogP contribution in [0.4, 0.5) is 0 Å². The normalized spacial score (nSPS) is 38.8. The van der Waals surface area contributed by atoms with Crippen molar-refractivity contribution in [1.29, 1.82) is 0 Å². The summed E-state index contributed by atoms with van der Waals surface area (Å²) < 4.78 is 21.5. The lowest BCUT2D eigenvalue weighted by atomic mass is 9.43. The smallest absolute Gasteiger partial charge is 0.310 e. The Kier molecular flexibility index (Phi) is 5.67. The number of cyclic esters (lactones) is 1. The Morgan fingerprint density at radius 1 is 1.22 bits per heavy atom. The van der Waals surface area contributed by atoms with E-state index in [1.54, 1.807) is 13.0 Å². The molecule has 8 heteroatoms. The summed E-state index contributed by atoms with van der Waals surface area (Å²) in [6, 6.07) is 1.75. The van der Waals surface area contributed by atoms with Crippen LogP contribution in [0.25, 0.3) is 0 Å². The topological polar surface area (TPSA) is 109 Å². The highest BCUT2D eigenvalue weighted by Crippen LogP contribution is 2.65.